The average Bonchev–Trinajstić information content (AvgIpc) is 2.87. The van der Waals surface area contributed by atoms with Crippen molar-refractivity contribution in [1.82, 2.24) is 4.90 Å². The van der Waals surface area contributed by atoms with Gasteiger partial charge in [-0.1, -0.05) is 75.9 Å². The third-order valence-electron chi connectivity index (χ3n) is 7.35. The van der Waals surface area contributed by atoms with Gasteiger partial charge in [-0.05, 0) is 92.4 Å². The molecule has 0 amide bonds. The van der Waals surface area contributed by atoms with Crippen molar-refractivity contribution >= 4 is 38.3 Å². The van der Waals surface area contributed by atoms with Gasteiger partial charge in [0.1, 0.15) is 13.2 Å². The number of carbonyl (C=O) groups excluding carboxylic acids is 1. The monoisotopic (exact) mass is 543 g/mol. The first-order valence-corrected chi connectivity index (χ1v) is 14.5. The third kappa shape index (κ3) is 7.54. The minimum atomic E-state index is -0.487. The van der Waals surface area contributed by atoms with Gasteiger partial charge >= 0.3 is 5.97 Å². The molecule has 4 aromatic rings. The lowest BCUT2D eigenvalue weighted by Crippen LogP contribution is -2.39. The maximum atomic E-state index is 12.1. The number of esters is 1. The highest BCUT2D eigenvalue weighted by Gasteiger charge is 2.23. The first-order chi connectivity index (χ1) is 18.6. The van der Waals surface area contributed by atoms with Crippen molar-refractivity contribution in [2.45, 2.75) is 87.9 Å². The van der Waals surface area contributed by atoms with E-state index in [1.165, 1.54) is 32.3 Å². The Hall–Kier alpha value is -3.11. The van der Waals surface area contributed by atoms with Gasteiger partial charge in [-0.25, -0.2) is 0 Å². The number of carbonyl (C=O) groups is 1. The summed E-state index contributed by atoms with van der Waals surface area (Å²) in [5.74, 6) is 0.701. The summed E-state index contributed by atoms with van der Waals surface area (Å²) in [6.07, 6.45) is 0. The van der Waals surface area contributed by atoms with Gasteiger partial charge < -0.3 is 9.47 Å². The van der Waals surface area contributed by atoms with E-state index in [1.54, 1.807) is 0 Å². The van der Waals surface area contributed by atoms with Gasteiger partial charge in [-0.3, -0.25) is 9.69 Å². The predicted octanol–water partition coefficient (Wildman–Crippen LogP) is 9.35. The quantitative estimate of drug-likeness (QED) is 0.126. The summed E-state index contributed by atoms with van der Waals surface area (Å²) in [6.45, 7) is 26.8. The zero-order valence-electron chi connectivity index (χ0n) is 26.4. The molecule has 0 fully saturated rings. The van der Waals surface area contributed by atoms with Crippen molar-refractivity contribution in [3.63, 3.8) is 0 Å². The SMILES string of the molecule is C=C(OCCN(C(C)C)C(C)C)C(C)(C)C.CC(C)(C)C(=O)OCc1cc2cccc3ccc4cccc1c4c32. The van der Waals surface area contributed by atoms with E-state index >= 15 is 0 Å². The first-order valence-electron chi connectivity index (χ1n) is 14.5. The van der Waals surface area contributed by atoms with Crippen LogP contribution in [0.3, 0.4) is 0 Å². The Kier molecular flexibility index (Phi) is 9.89. The number of hydrogen-bond acceptors (Lipinski definition) is 4. The molecule has 0 saturated carbocycles. The van der Waals surface area contributed by atoms with Crippen LogP contribution in [0.2, 0.25) is 0 Å². The van der Waals surface area contributed by atoms with Gasteiger partial charge in [0.05, 0.1) is 11.2 Å². The molecule has 0 aromatic heterocycles. The van der Waals surface area contributed by atoms with Crippen LogP contribution in [0.15, 0.2) is 66.9 Å². The fourth-order valence-electron chi connectivity index (χ4n) is 4.92. The van der Waals surface area contributed by atoms with Crippen LogP contribution in [-0.2, 0) is 20.9 Å². The summed E-state index contributed by atoms with van der Waals surface area (Å²) >= 11 is 0. The fourth-order valence-corrected chi connectivity index (χ4v) is 4.92. The highest BCUT2D eigenvalue weighted by atomic mass is 16.5. The van der Waals surface area contributed by atoms with E-state index in [0.29, 0.717) is 18.7 Å². The number of benzene rings is 4. The van der Waals surface area contributed by atoms with Crippen LogP contribution in [-0.4, -0.2) is 36.1 Å². The summed E-state index contributed by atoms with van der Waals surface area (Å²) in [5.41, 5.74) is 0.615. The largest absolute Gasteiger partial charge is 0.497 e. The molecular formula is C36H49NO3. The summed E-state index contributed by atoms with van der Waals surface area (Å²) < 4.78 is 11.3. The minimum Gasteiger partial charge on any atom is -0.497 e. The molecule has 0 heterocycles. The second kappa shape index (κ2) is 12.6. The first kappa shape index (κ1) is 31.4. The lowest BCUT2D eigenvalue weighted by atomic mass is 9.91. The molecule has 0 saturated heterocycles. The molecule has 40 heavy (non-hydrogen) atoms. The summed E-state index contributed by atoms with van der Waals surface area (Å²) in [5, 5.41) is 7.37. The normalized spacial score (nSPS) is 12.4. The Morgan fingerprint density at radius 3 is 1.88 bits per heavy atom. The number of nitrogens with zero attached hydrogens (tertiary/aromatic N) is 1. The predicted molar refractivity (Wildman–Crippen MR) is 171 cm³/mol. The molecule has 4 aromatic carbocycles. The lowest BCUT2D eigenvalue weighted by Gasteiger charge is -2.31. The van der Waals surface area contributed by atoms with Crippen LogP contribution in [0.1, 0.15) is 74.8 Å². The molecule has 0 aliphatic heterocycles. The molecule has 0 radical (unpaired) electrons. The highest BCUT2D eigenvalue weighted by molar-refractivity contribution is 6.23. The van der Waals surface area contributed by atoms with Crippen LogP contribution >= 0.6 is 0 Å². The molecule has 0 bridgehead atoms. The number of hydrogen-bond donors (Lipinski definition) is 0. The zero-order chi connectivity index (χ0) is 29.8. The molecule has 0 atom stereocenters. The topological polar surface area (TPSA) is 38.8 Å². The van der Waals surface area contributed by atoms with Crippen molar-refractivity contribution in [2.24, 2.45) is 10.8 Å². The van der Waals surface area contributed by atoms with Crippen LogP contribution in [0.4, 0.5) is 0 Å². The zero-order valence-corrected chi connectivity index (χ0v) is 26.4. The van der Waals surface area contributed by atoms with Gasteiger partial charge in [-0.2, -0.15) is 0 Å². The van der Waals surface area contributed by atoms with E-state index in [1.807, 2.05) is 20.8 Å². The minimum absolute atomic E-state index is 0.0422. The molecule has 4 heteroatoms. The summed E-state index contributed by atoms with van der Waals surface area (Å²) in [4.78, 5) is 14.6. The Labute approximate surface area is 241 Å². The van der Waals surface area contributed by atoms with Crippen molar-refractivity contribution in [3.8, 4) is 0 Å². The standard InChI is InChI=1S/C22H20O2.C14H29NO/c1-22(2,3)21(23)24-13-17-12-16-8-4-6-14-10-11-15-7-5-9-18(17)20(15)19(14)16;1-11(2)15(12(3)4)9-10-16-13(5)14(6,7)8/h4-12H,13H2,1-3H3;11-12H,5,9-10H2,1-4,6-8H3. The molecule has 0 aliphatic carbocycles. The Bertz CT molecular complexity index is 1430. The van der Waals surface area contributed by atoms with Crippen LogP contribution in [0.25, 0.3) is 32.3 Å². The molecule has 0 spiro atoms. The van der Waals surface area contributed by atoms with Crippen LogP contribution < -0.4 is 0 Å². The molecule has 0 aliphatic rings. The Morgan fingerprint density at radius 2 is 1.32 bits per heavy atom. The van der Waals surface area contributed by atoms with E-state index in [9.17, 15) is 4.79 Å². The summed E-state index contributed by atoms with van der Waals surface area (Å²) in [6, 6.07) is 20.3. The van der Waals surface area contributed by atoms with Crippen molar-refractivity contribution in [1.29, 1.82) is 0 Å². The van der Waals surface area contributed by atoms with Gasteiger partial charge in [0.25, 0.3) is 0 Å². The molecule has 0 N–H and O–H groups in total. The van der Waals surface area contributed by atoms with Crippen LogP contribution in [0, 0.1) is 10.8 Å². The van der Waals surface area contributed by atoms with Crippen LogP contribution in [0.5, 0.6) is 0 Å². The van der Waals surface area contributed by atoms with Crippen molar-refractivity contribution in [2.75, 3.05) is 13.2 Å². The molecule has 216 valence electrons. The third-order valence-corrected chi connectivity index (χ3v) is 7.35. The van der Waals surface area contributed by atoms with Crippen molar-refractivity contribution < 1.29 is 14.3 Å². The van der Waals surface area contributed by atoms with Crippen molar-refractivity contribution in [3.05, 3.63) is 72.5 Å². The van der Waals surface area contributed by atoms with Gasteiger partial charge in [0, 0.05) is 24.0 Å². The second-order valence-corrected chi connectivity index (χ2v) is 13.4. The van der Waals surface area contributed by atoms with Gasteiger partial charge in [0.15, 0.2) is 0 Å². The number of ether oxygens (including phenoxy) is 2. The Morgan fingerprint density at radius 1 is 0.775 bits per heavy atom. The van der Waals surface area contributed by atoms with E-state index in [-0.39, 0.29) is 11.4 Å². The highest BCUT2D eigenvalue weighted by Crippen LogP contribution is 2.36. The number of allylic oxidation sites excluding steroid dienone is 1. The lowest BCUT2D eigenvalue weighted by molar-refractivity contribution is -0.154. The van der Waals surface area contributed by atoms with Gasteiger partial charge in [-0.15, -0.1) is 0 Å². The van der Waals surface area contributed by atoms with Gasteiger partial charge in [0.2, 0.25) is 0 Å². The smallest absolute Gasteiger partial charge is 0.311 e. The maximum Gasteiger partial charge on any atom is 0.311 e. The molecule has 0 unspecified atom stereocenters. The molecule has 4 nitrogen and oxygen atoms in total. The number of rotatable bonds is 8. The average molecular weight is 544 g/mol. The second-order valence-electron chi connectivity index (χ2n) is 13.4. The summed E-state index contributed by atoms with van der Waals surface area (Å²) in [7, 11) is 0. The Balaban J connectivity index is 0.000000243. The maximum absolute atomic E-state index is 12.1. The fraction of sp³-hybridized carbons (Fsp3) is 0.472. The molecular weight excluding hydrogens is 494 g/mol. The molecule has 4 rings (SSSR count). The van der Waals surface area contributed by atoms with E-state index in [0.717, 1.165) is 24.5 Å². The van der Waals surface area contributed by atoms with E-state index in [2.05, 4.69) is 115 Å². The van der Waals surface area contributed by atoms with E-state index in [4.69, 9.17) is 9.47 Å². The van der Waals surface area contributed by atoms with E-state index < -0.39 is 5.41 Å².